The minimum atomic E-state index is 0.271. The molecule has 0 aromatic carbocycles. The number of nitrogens with zero attached hydrogens (tertiary/aromatic N) is 1. The van der Waals surface area contributed by atoms with E-state index in [1.165, 1.54) is 12.8 Å². The maximum absolute atomic E-state index is 12.0. The van der Waals surface area contributed by atoms with E-state index in [0.717, 1.165) is 31.3 Å². The van der Waals surface area contributed by atoms with Crippen molar-refractivity contribution in [3.63, 3.8) is 0 Å². The molecule has 0 saturated carbocycles. The van der Waals surface area contributed by atoms with Crippen LogP contribution in [0.2, 0.25) is 0 Å². The summed E-state index contributed by atoms with van der Waals surface area (Å²) >= 11 is 0. The average Bonchev–Trinajstić information content (AvgIpc) is 2.35. The van der Waals surface area contributed by atoms with Gasteiger partial charge in [-0.25, -0.2) is 0 Å². The molecule has 3 heteroatoms. The molecule has 1 heterocycles. The zero-order valence-corrected chi connectivity index (χ0v) is 11.8. The fraction of sp³-hybridized carbons (Fsp3) is 0.929. The lowest BCUT2D eigenvalue weighted by Crippen LogP contribution is -2.45. The summed E-state index contributed by atoms with van der Waals surface area (Å²) in [6.07, 6.45) is 3.42. The summed E-state index contributed by atoms with van der Waals surface area (Å²) in [5.74, 6) is 1.83. The van der Waals surface area contributed by atoms with Gasteiger partial charge in [0.1, 0.15) is 0 Å². The molecule has 100 valence electrons. The number of carbonyl (C=O) groups excluding carboxylic acids is 1. The van der Waals surface area contributed by atoms with Gasteiger partial charge in [0.2, 0.25) is 5.91 Å². The SMILES string of the molecule is CCC(C)NCC(=O)N1CCC(C(C)C)CC1. The molecule has 1 fully saturated rings. The number of likely N-dealkylation sites (tertiary alicyclic amines) is 1. The van der Waals surface area contributed by atoms with Gasteiger partial charge in [-0.1, -0.05) is 20.8 Å². The highest BCUT2D eigenvalue weighted by Crippen LogP contribution is 2.24. The summed E-state index contributed by atoms with van der Waals surface area (Å²) in [7, 11) is 0. The maximum Gasteiger partial charge on any atom is 0.236 e. The molecule has 0 spiro atoms. The minimum Gasteiger partial charge on any atom is -0.342 e. The molecule has 1 N–H and O–H groups in total. The van der Waals surface area contributed by atoms with Crippen molar-refractivity contribution in [2.24, 2.45) is 11.8 Å². The monoisotopic (exact) mass is 240 g/mol. The standard InChI is InChI=1S/C14H28N2O/c1-5-12(4)15-10-14(17)16-8-6-13(7-9-16)11(2)3/h11-13,15H,5-10H2,1-4H3. The van der Waals surface area contributed by atoms with E-state index in [2.05, 4.69) is 33.0 Å². The van der Waals surface area contributed by atoms with Crippen molar-refractivity contribution in [1.82, 2.24) is 10.2 Å². The average molecular weight is 240 g/mol. The Hall–Kier alpha value is -0.570. The lowest BCUT2D eigenvalue weighted by Gasteiger charge is -2.34. The molecule has 0 radical (unpaired) electrons. The highest BCUT2D eigenvalue weighted by Gasteiger charge is 2.24. The Balaban J connectivity index is 2.26. The lowest BCUT2D eigenvalue weighted by atomic mass is 9.87. The van der Waals surface area contributed by atoms with E-state index in [1.54, 1.807) is 0 Å². The van der Waals surface area contributed by atoms with Crippen LogP contribution < -0.4 is 5.32 Å². The molecule has 1 atom stereocenters. The van der Waals surface area contributed by atoms with Gasteiger partial charge in [-0.15, -0.1) is 0 Å². The second kappa shape index (κ2) is 7.00. The predicted molar refractivity (Wildman–Crippen MR) is 71.9 cm³/mol. The first-order valence-corrected chi connectivity index (χ1v) is 7.05. The molecule has 17 heavy (non-hydrogen) atoms. The Kier molecular flexibility index (Phi) is 5.96. The second-order valence-electron chi connectivity index (χ2n) is 5.65. The summed E-state index contributed by atoms with van der Waals surface area (Å²) in [5.41, 5.74) is 0. The third-order valence-corrected chi connectivity index (χ3v) is 4.05. The van der Waals surface area contributed by atoms with Crippen molar-refractivity contribution < 1.29 is 4.79 Å². The van der Waals surface area contributed by atoms with Crippen LogP contribution in [0.3, 0.4) is 0 Å². The zero-order chi connectivity index (χ0) is 12.8. The van der Waals surface area contributed by atoms with Gasteiger partial charge < -0.3 is 10.2 Å². The molecule has 0 aromatic rings. The van der Waals surface area contributed by atoms with Crippen LogP contribution in [-0.2, 0) is 4.79 Å². The largest absolute Gasteiger partial charge is 0.342 e. The summed E-state index contributed by atoms with van der Waals surface area (Å²) in [4.78, 5) is 14.0. The van der Waals surface area contributed by atoms with Crippen molar-refractivity contribution in [3.05, 3.63) is 0 Å². The molecule has 1 saturated heterocycles. The van der Waals surface area contributed by atoms with Crippen LogP contribution in [0.1, 0.15) is 47.0 Å². The predicted octanol–water partition coefficient (Wildman–Crippen LogP) is 2.27. The topological polar surface area (TPSA) is 32.3 Å². The van der Waals surface area contributed by atoms with Gasteiger partial charge in [-0.2, -0.15) is 0 Å². The van der Waals surface area contributed by atoms with E-state index in [4.69, 9.17) is 0 Å². The van der Waals surface area contributed by atoms with E-state index >= 15 is 0 Å². The molecule has 1 amide bonds. The van der Waals surface area contributed by atoms with Crippen molar-refractivity contribution >= 4 is 5.91 Å². The first-order valence-electron chi connectivity index (χ1n) is 7.05. The van der Waals surface area contributed by atoms with Crippen LogP contribution in [0.5, 0.6) is 0 Å². The zero-order valence-electron chi connectivity index (χ0n) is 11.8. The fourth-order valence-electron chi connectivity index (χ4n) is 2.33. The van der Waals surface area contributed by atoms with Crippen LogP contribution in [0.25, 0.3) is 0 Å². The highest BCUT2D eigenvalue weighted by molar-refractivity contribution is 5.78. The number of hydrogen-bond donors (Lipinski definition) is 1. The molecule has 1 aliphatic heterocycles. The number of amides is 1. The van der Waals surface area contributed by atoms with Crippen molar-refractivity contribution in [2.45, 2.75) is 53.0 Å². The van der Waals surface area contributed by atoms with Crippen LogP contribution in [0, 0.1) is 11.8 Å². The summed E-state index contributed by atoms with van der Waals surface area (Å²) in [6, 6.07) is 0.437. The Morgan fingerprint density at radius 2 is 1.88 bits per heavy atom. The number of nitrogens with one attached hydrogen (secondary N) is 1. The maximum atomic E-state index is 12.0. The Bertz CT molecular complexity index is 232. The van der Waals surface area contributed by atoms with Gasteiger partial charge >= 0.3 is 0 Å². The number of rotatable bonds is 5. The van der Waals surface area contributed by atoms with Gasteiger partial charge in [-0.05, 0) is 38.0 Å². The van der Waals surface area contributed by atoms with Gasteiger partial charge in [0.05, 0.1) is 6.54 Å². The van der Waals surface area contributed by atoms with Crippen molar-refractivity contribution in [3.8, 4) is 0 Å². The molecular formula is C14H28N2O. The Morgan fingerprint density at radius 3 is 2.35 bits per heavy atom. The lowest BCUT2D eigenvalue weighted by molar-refractivity contribution is -0.131. The van der Waals surface area contributed by atoms with E-state index in [1.807, 2.05) is 4.90 Å². The number of carbonyl (C=O) groups is 1. The molecule has 1 aliphatic rings. The smallest absolute Gasteiger partial charge is 0.236 e. The summed E-state index contributed by atoms with van der Waals surface area (Å²) in [6.45, 7) is 11.2. The van der Waals surface area contributed by atoms with Crippen LogP contribution in [-0.4, -0.2) is 36.5 Å². The third kappa shape index (κ3) is 4.66. The van der Waals surface area contributed by atoms with Crippen molar-refractivity contribution in [1.29, 1.82) is 0 Å². The van der Waals surface area contributed by atoms with Gasteiger partial charge in [0.25, 0.3) is 0 Å². The molecule has 1 rings (SSSR count). The normalized spacial score (nSPS) is 19.7. The number of hydrogen-bond acceptors (Lipinski definition) is 2. The molecule has 0 bridgehead atoms. The first kappa shape index (κ1) is 14.5. The third-order valence-electron chi connectivity index (χ3n) is 4.05. The summed E-state index contributed by atoms with van der Waals surface area (Å²) < 4.78 is 0. The van der Waals surface area contributed by atoms with Gasteiger partial charge in [-0.3, -0.25) is 4.79 Å². The van der Waals surface area contributed by atoms with E-state index in [-0.39, 0.29) is 5.91 Å². The molecule has 1 unspecified atom stereocenters. The fourth-order valence-corrected chi connectivity index (χ4v) is 2.33. The van der Waals surface area contributed by atoms with Gasteiger partial charge in [0, 0.05) is 19.1 Å². The molecule has 0 aromatic heterocycles. The molecule has 0 aliphatic carbocycles. The molecular weight excluding hydrogens is 212 g/mol. The van der Waals surface area contributed by atoms with E-state index in [9.17, 15) is 4.79 Å². The Morgan fingerprint density at radius 1 is 1.29 bits per heavy atom. The van der Waals surface area contributed by atoms with Crippen LogP contribution in [0.4, 0.5) is 0 Å². The van der Waals surface area contributed by atoms with Crippen LogP contribution in [0.15, 0.2) is 0 Å². The molecule has 3 nitrogen and oxygen atoms in total. The summed E-state index contributed by atoms with van der Waals surface area (Å²) in [5, 5.41) is 3.27. The first-order chi connectivity index (χ1) is 8.04. The van der Waals surface area contributed by atoms with E-state index in [0.29, 0.717) is 12.6 Å². The number of piperidine rings is 1. The van der Waals surface area contributed by atoms with Crippen molar-refractivity contribution in [2.75, 3.05) is 19.6 Å². The van der Waals surface area contributed by atoms with Gasteiger partial charge in [0.15, 0.2) is 0 Å². The highest BCUT2D eigenvalue weighted by atomic mass is 16.2. The minimum absolute atomic E-state index is 0.271. The second-order valence-corrected chi connectivity index (χ2v) is 5.65. The Labute approximate surface area is 106 Å². The quantitative estimate of drug-likeness (QED) is 0.799. The van der Waals surface area contributed by atoms with Crippen LogP contribution >= 0.6 is 0 Å². The van der Waals surface area contributed by atoms with E-state index < -0.39 is 0 Å².